The van der Waals surface area contributed by atoms with Crippen molar-refractivity contribution in [3.63, 3.8) is 0 Å². The van der Waals surface area contributed by atoms with Crippen molar-refractivity contribution in [3.8, 4) is 5.75 Å². The van der Waals surface area contributed by atoms with E-state index in [1.165, 1.54) is 37.4 Å². The number of hydrogen-bond donors (Lipinski definition) is 1. The maximum absolute atomic E-state index is 13.6. The van der Waals surface area contributed by atoms with E-state index in [0.717, 1.165) is 0 Å². The van der Waals surface area contributed by atoms with E-state index in [4.69, 9.17) is 4.74 Å². The third-order valence-corrected chi connectivity index (χ3v) is 4.36. The standard InChI is InChI=1S/C18H18FN3O4.ClH/c1-26-17-10-13(5-6-15(17)22(24)25)18(23)21-8-7-20-11-16(21)12-3-2-4-14(19)9-12;/h2-6,9-10,16,20H,7-8,11H2,1H3;1H. The molecule has 1 amide bonds. The Morgan fingerprint density at radius 1 is 1.33 bits per heavy atom. The average molecular weight is 396 g/mol. The Morgan fingerprint density at radius 3 is 2.78 bits per heavy atom. The molecular weight excluding hydrogens is 377 g/mol. The number of hydrogen-bond acceptors (Lipinski definition) is 5. The first-order valence-electron chi connectivity index (χ1n) is 8.11. The van der Waals surface area contributed by atoms with E-state index in [0.29, 0.717) is 25.2 Å². The Kier molecular flexibility index (Phi) is 6.70. The van der Waals surface area contributed by atoms with Gasteiger partial charge in [-0.15, -0.1) is 12.4 Å². The largest absolute Gasteiger partial charge is 0.490 e. The molecule has 1 fully saturated rings. The van der Waals surface area contributed by atoms with E-state index in [1.807, 2.05) is 0 Å². The fourth-order valence-electron chi connectivity index (χ4n) is 3.09. The third kappa shape index (κ3) is 4.35. The number of ether oxygens (including phenoxy) is 1. The molecule has 1 aliphatic rings. The number of carbonyl (C=O) groups is 1. The summed E-state index contributed by atoms with van der Waals surface area (Å²) in [4.78, 5) is 25.1. The number of rotatable bonds is 4. The topological polar surface area (TPSA) is 84.7 Å². The Bertz CT molecular complexity index is 849. The molecule has 1 N–H and O–H groups in total. The van der Waals surface area contributed by atoms with Crippen molar-refractivity contribution in [1.82, 2.24) is 10.2 Å². The van der Waals surface area contributed by atoms with E-state index in [-0.39, 0.29) is 47.2 Å². The number of nitrogens with one attached hydrogen (secondary N) is 1. The highest BCUT2D eigenvalue weighted by molar-refractivity contribution is 5.95. The van der Waals surface area contributed by atoms with E-state index in [9.17, 15) is 19.3 Å². The molecule has 1 heterocycles. The number of benzene rings is 2. The second-order valence-corrected chi connectivity index (χ2v) is 5.92. The fraction of sp³-hybridized carbons (Fsp3) is 0.278. The van der Waals surface area contributed by atoms with Gasteiger partial charge in [-0.1, -0.05) is 12.1 Å². The summed E-state index contributed by atoms with van der Waals surface area (Å²) in [6.07, 6.45) is 0. The van der Waals surface area contributed by atoms with E-state index in [2.05, 4.69) is 5.32 Å². The van der Waals surface area contributed by atoms with Gasteiger partial charge in [0.25, 0.3) is 5.91 Å². The molecule has 9 heteroatoms. The second-order valence-electron chi connectivity index (χ2n) is 5.92. The molecule has 7 nitrogen and oxygen atoms in total. The van der Waals surface area contributed by atoms with Gasteiger partial charge < -0.3 is 15.0 Å². The van der Waals surface area contributed by atoms with Crippen LogP contribution in [0.15, 0.2) is 42.5 Å². The van der Waals surface area contributed by atoms with Crippen LogP contribution < -0.4 is 10.1 Å². The van der Waals surface area contributed by atoms with Crippen molar-refractivity contribution in [2.24, 2.45) is 0 Å². The zero-order valence-electron chi connectivity index (χ0n) is 14.6. The normalized spacial score (nSPS) is 16.4. The molecule has 27 heavy (non-hydrogen) atoms. The number of methoxy groups -OCH3 is 1. The molecule has 0 aromatic heterocycles. The third-order valence-electron chi connectivity index (χ3n) is 4.36. The highest BCUT2D eigenvalue weighted by Gasteiger charge is 2.30. The van der Waals surface area contributed by atoms with Crippen molar-refractivity contribution in [1.29, 1.82) is 0 Å². The maximum Gasteiger partial charge on any atom is 0.310 e. The molecule has 0 aliphatic carbocycles. The lowest BCUT2D eigenvalue weighted by atomic mass is 10.0. The summed E-state index contributed by atoms with van der Waals surface area (Å²) in [6, 6.07) is 9.85. The first-order chi connectivity index (χ1) is 12.5. The number of nitrogens with zero attached hydrogens (tertiary/aromatic N) is 2. The second kappa shape index (κ2) is 8.79. The van der Waals surface area contributed by atoms with Crippen LogP contribution in [0.3, 0.4) is 0 Å². The van der Waals surface area contributed by atoms with Gasteiger partial charge in [0.2, 0.25) is 0 Å². The fourth-order valence-corrected chi connectivity index (χ4v) is 3.09. The number of halogens is 2. The summed E-state index contributed by atoms with van der Waals surface area (Å²) < 4.78 is 18.6. The lowest BCUT2D eigenvalue weighted by Crippen LogP contribution is -2.48. The number of nitro groups is 1. The molecule has 2 aromatic carbocycles. The minimum absolute atomic E-state index is 0. The van der Waals surface area contributed by atoms with Crippen molar-refractivity contribution in [3.05, 3.63) is 69.5 Å². The van der Waals surface area contributed by atoms with Gasteiger partial charge in [0.1, 0.15) is 5.82 Å². The van der Waals surface area contributed by atoms with Crippen molar-refractivity contribution in [2.45, 2.75) is 6.04 Å². The van der Waals surface area contributed by atoms with Crippen LogP contribution in [-0.2, 0) is 0 Å². The number of piperazine rings is 1. The van der Waals surface area contributed by atoms with Gasteiger partial charge in [-0.3, -0.25) is 14.9 Å². The molecule has 0 bridgehead atoms. The first kappa shape index (κ1) is 20.6. The van der Waals surface area contributed by atoms with Crippen LogP contribution in [0, 0.1) is 15.9 Å². The van der Waals surface area contributed by atoms with Crippen LogP contribution in [0.4, 0.5) is 10.1 Å². The SMILES string of the molecule is COc1cc(C(=O)N2CCNCC2c2cccc(F)c2)ccc1[N+](=O)[O-].Cl. The van der Waals surface area contributed by atoms with Crippen molar-refractivity contribution in [2.75, 3.05) is 26.7 Å². The molecule has 1 aliphatic heterocycles. The Labute approximate surface area is 161 Å². The maximum atomic E-state index is 13.6. The van der Waals surface area contributed by atoms with Gasteiger partial charge in [-0.2, -0.15) is 0 Å². The van der Waals surface area contributed by atoms with E-state index >= 15 is 0 Å². The van der Waals surface area contributed by atoms with Gasteiger partial charge in [0.15, 0.2) is 5.75 Å². The van der Waals surface area contributed by atoms with Crippen LogP contribution >= 0.6 is 12.4 Å². The molecule has 1 unspecified atom stereocenters. The van der Waals surface area contributed by atoms with E-state index < -0.39 is 4.92 Å². The van der Waals surface area contributed by atoms with Crippen molar-refractivity contribution >= 4 is 24.0 Å². The molecular formula is C18H19ClFN3O4. The lowest BCUT2D eigenvalue weighted by molar-refractivity contribution is -0.385. The van der Waals surface area contributed by atoms with Gasteiger partial charge >= 0.3 is 5.69 Å². The Morgan fingerprint density at radius 2 is 2.11 bits per heavy atom. The zero-order valence-corrected chi connectivity index (χ0v) is 15.4. The monoisotopic (exact) mass is 395 g/mol. The van der Waals surface area contributed by atoms with Crippen LogP contribution in [0.1, 0.15) is 22.0 Å². The smallest absolute Gasteiger partial charge is 0.310 e. The zero-order chi connectivity index (χ0) is 18.7. The summed E-state index contributed by atoms with van der Waals surface area (Å²) >= 11 is 0. The van der Waals surface area contributed by atoms with Gasteiger partial charge in [-0.25, -0.2) is 4.39 Å². The summed E-state index contributed by atoms with van der Waals surface area (Å²) in [5.41, 5.74) is 0.779. The van der Waals surface area contributed by atoms with Crippen LogP contribution in [0.2, 0.25) is 0 Å². The molecule has 0 spiro atoms. The minimum Gasteiger partial charge on any atom is -0.490 e. The molecule has 0 radical (unpaired) electrons. The molecule has 1 atom stereocenters. The predicted octanol–water partition coefficient (Wildman–Crippen LogP) is 2.95. The first-order valence-corrected chi connectivity index (χ1v) is 8.11. The number of nitro benzene ring substituents is 1. The highest BCUT2D eigenvalue weighted by atomic mass is 35.5. The molecule has 2 aromatic rings. The molecule has 144 valence electrons. The Hall–Kier alpha value is -2.71. The predicted molar refractivity (Wildman–Crippen MR) is 99.9 cm³/mol. The lowest BCUT2D eigenvalue weighted by Gasteiger charge is -2.36. The van der Waals surface area contributed by atoms with Gasteiger partial charge in [0, 0.05) is 37.3 Å². The summed E-state index contributed by atoms with van der Waals surface area (Å²) in [5.74, 6) is -0.621. The van der Waals surface area contributed by atoms with E-state index in [1.54, 1.807) is 17.0 Å². The van der Waals surface area contributed by atoms with Crippen LogP contribution in [-0.4, -0.2) is 42.5 Å². The summed E-state index contributed by atoms with van der Waals surface area (Å²) in [6.45, 7) is 1.56. The number of amides is 1. The van der Waals surface area contributed by atoms with Gasteiger partial charge in [-0.05, 0) is 23.8 Å². The van der Waals surface area contributed by atoms with Crippen molar-refractivity contribution < 1.29 is 18.8 Å². The number of carbonyl (C=O) groups excluding carboxylic acids is 1. The minimum atomic E-state index is -0.562. The molecule has 1 saturated heterocycles. The highest BCUT2D eigenvalue weighted by Crippen LogP contribution is 2.30. The summed E-state index contributed by atoms with van der Waals surface area (Å²) in [5, 5.41) is 14.2. The molecule has 3 rings (SSSR count). The Balaban J connectivity index is 0.00000261. The average Bonchev–Trinajstić information content (AvgIpc) is 2.66. The quantitative estimate of drug-likeness (QED) is 0.635. The van der Waals surface area contributed by atoms with Crippen LogP contribution in [0.25, 0.3) is 0 Å². The van der Waals surface area contributed by atoms with Crippen LogP contribution in [0.5, 0.6) is 5.75 Å². The van der Waals surface area contributed by atoms with Gasteiger partial charge in [0.05, 0.1) is 18.1 Å². The summed E-state index contributed by atoms with van der Waals surface area (Å²) in [7, 11) is 1.32. The molecule has 0 saturated carbocycles.